The molecule has 6 nitrogen and oxygen atoms in total. The van der Waals surface area contributed by atoms with Crippen molar-refractivity contribution in [3.05, 3.63) is 59.2 Å². The van der Waals surface area contributed by atoms with Crippen LogP contribution >= 0.6 is 0 Å². The van der Waals surface area contributed by atoms with Crippen molar-refractivity contribution < 1.29 is 17.6 Å². The van der Waals surface area contributed by atoms with E-state index in [1.165, 1.54) is 24.4 Å². The summed E-state index contributed by atoms with van der Waals surface area (Å²) < 4.78 is 40.8. The van der Waals surface area contributed by atoms with Gasteiger partial charge in [0.05, 0.1) is 17.0 Å². The maximum atomic E-state index is 14.8. The van der Waals surface area contributed by atoms with E-state index in [-0.39, 0.29) is 22.6 Å². The van der Waals surface area contributed by atoms with Crippen LogP contribution in [-0.4, -0.2) is 29.9 Å². The number of nitrogens with one attached hydrogen (secondary N) is 2. The molecule has 0 unspecified atom stereocenters. The van der Waals surface area contributed by atoms with Crippen molar-refractivity contribution >= 4 is 32.5 Å². The summed E-state index contributed by atoms with van der Waals surface area (Å²) in [5.41, 5.74) is 1.23. The molecule has 0 aliphatic carbocycles. The minimum Gasteiger partial charge on any atom is -0.345 e. The minimum atomic E-state index is -3.66. The highest BCUT2D eigenvalue weighted by Crippen LogP contribution is 2.25. The van der Waals surface area contributed by atoms with Crippen LogP contribution in [0.2, 0.25) is 0 Å². The van der Waals surface area contributed by atoms with Crippen LogP contribution in [0.15, 0.2) is 36.7 Å². The summed E-state index contributed by atoms with van der Waals surface area (Å²) in [6.07, 6.45) is 3.54. The van der Waals surface area contributed by atoms with Crippen molar-refractivity contribution in [1.29, 1.82) is 0 Å². The zero-order valence-corrected chi connectivity index (χ0v) is 15.2. The predicted molar refractivity (Wildman–Crippen MR) is 98.4 cm³/mol. The van der Waals surface area contributed by atoms with Crippen LogP contribution in [0.5, 0.6) is 0 Å². The number of aromatic amines is 1. The summed E-state index contributed by atoms with van der Waals surface area (Å²) in [6, 6.07) is 5.85. The van der Waals surface area contributed by atoms with Crippen LogP contribution in [-0.2, 0) is 10.0 Å². The number of nitrogens with zero attached hydrogens (tertiary/aromatic N) is 1. The number of anilines is 1. The largest absolute Gasteiger partial charge is 0.345 e. The molecular formula is C18H18FN3O3S. The number of carbonyl (C=O) groups is 1. The number of rotatable bonds is 6. The lowest BCUT2D eigenvalue weighted by Gasteiger charge is -2.10. The lowest BCUT2D eigenvalue weighted by atomic mass is 10.0. The molecule has 26 heavy (non-hydrogen) atoms. The van der Waals surface area contributed by atoms with Gasteiger partial charge in [0.2, 0.25) is 10.0 Å². The van der Waals surface area contributed by atoms with Crippen molar-refractivity contribution in [2.45, 2.75) is 20.3 Å². The number of sulfonamides is 1. The fourth-order valence-corrected chi connectivity index (χ4v) is 3.85. The van der Waals surface area contributed by atoms with Gasteiger partial charge in [0.15, 0.2) is 11.6 Å². The van der Waals surface area contributed by atoms with Crippen molar-refractivity contribution in [1.82, 2.24) is 9.97 Å². The average Bonchev–Trinajstić information content (AvgIpc) is 2.99. The van der Waals surface area contributed by atoms with Gasteiger partial charge in [-0.3, -0.25) is 9.52 Å². The van der Waals surface area contributed by atoms with Gasteiger partial charge < -0.3 is 4.98 Å². The molecule has 0 atom stereocenters. The van der Waals surface area contributed by atoms with Crippen molar-refractivity contribution in [2.24, 2.45) is 0 Å². The van der Waals surface area contributed by atoms with E-state index >= 15 is 0 Å². The zero-order chi connectivity index (χ0) is 18.9. The first kappa shape index (κ1) is 18.1. The summed E-state index contributed by atoms with van der Waals surface area (Å²) in [5.74, 6) is -1.57. The molecule has 0 saturated carbocycles. The Hall–Kier alpha value is -2.74. The summed E-state index contributed by atoms with van der Waals surface area (Å²) in [7, 11) is -3.66. The molecule has 2 N–H and O–H groups in total. The maximum absolute atomic E-state index is 14.8. The van der Waals surface area contributed by atoms with Crippen LogP contribution in [0.1, 0.15) is 34.8 Å². The fourth-order valence-electron chi connectivity index (χ4n) is 2.71. The molecule has 0 aliphatic rings. The van der Waals surface area contributed by atoms with Gasteiger partial charge in [-0.1, -0.05) is 13.0 Å². The third-order valence-corrected chi connectivity index (χ3v) is 5.37. The second kappa shape index (κ2) is 6.87. The van der Waals surface area contributed by atoms with E-state index in [2.05, 4.69) is 14.7 Å². The maximum Gasteiger partial charge on any atom is 0.232 e. The highest BCUT2D eigenvalue weighted by molar-refractivity contribution is 7.92. The first-order valence-corrected chi connectivity index (χ1v) is 9.75. The number of hydrogen-bond acceptors (Lipinski definition) is 4. The molecule has 0 bridgehead atoms. The van der Waals surface area contributed by atoms with Gasteiger partial charge in [-0.15, -0.1) is 0 Å². The lowest BCUT2D eigenvalue weighted by Crippen LogP contribution is -2.18. The summed E-state index contributed by atoms with van der Waals surface area (Å²) in [6.45, 7) is 3.56. The molecule has 2 aromatic heterocycles. The van der Waals surface area contributed by atoms with Gasteiger partial charge in [-0.2, -0.15) is 0 Å². The molecule has 0 fully saturated rings. The fraction of sp³-hybridized carbons (Fsp3) is 0.222. The second-order valence-electron chi connectivity index (χ2n) is 6.03. The van der Waals surface area contributed by atoms with Crippen LogP contribution in [0.4, 0.5) is 10.1 Å². The summed E-state index contributed by atoms with van der Waals surface area (Å²) in [4.78, 5) is 19.9. The van der Waals surface area contributed by atoms with Crippen LogP contribution in [0.25, 0.3) is 11.0 Å². The van der Waals surface area contributed by atoms with E-state index in [1.54, 1.807) is 19.2 Å². The quantitative estimate of drug-likeness (QED) is 0.646. The summed E-state index contributed by atoms with van der Waals surface area (Å²) in [5, 5.41) is 0.589. The van der Waals surface area contributed by atoms with Crippen molar-refractivity contribution in [2.75, 3.05) is 10.5 Å². The van der Waals surface area contributed by atoms with E-state index in [0.29, 0.717) is 17.5 Å². The number of fused-ring (bicyclic) bond motifs is 1. The lowest BCUT2D eigenvalue weighted by molar-refractivity contribution is 0.103. The van der Waals surface area contributed by atoms with Gasteiger partial charge in [0.25, 0.3) is 0 Å². The number of pyridine rings is 1. The number of aromatic nitrogens is 2. The van der Waals surface area contributed by atoms with Crippen LogP contribution < -0.4 is 4.72 Å². The number of ketones is 1. The highest BCUT2D eigenvalue weighted by atomic mass is 32.2. The topological polar surface area (TPSA) is 91.9 Å². The third kappa shape index (κ3) is 3.45. The van der Waals surface area contributed by atoms with E-state index < -0.39 is 21.6 Å². The number of hydrogen-bond donors (Lipinski definition) is 2. The monoisotopic (exact) mass is 375 g/mol. The van der Waals surface area contributed by atoms with Crippen molar-refractivity contribution in [3.63, 3.8) is 0 Å². The summed E-state index contributed by atoms with van der Waals surface area (Å²) >= 11 is 0. The van der Waals surface area contributed by atoms with Crippen LogP contribution in [0.3, 0.4) is 0 Å². The molecule has 0 spiro atoms. The number of H-pyrrole nitrogens is 1. The van der Waals surface area contributed by atoms with Gasteiger partial charge >= 0.3 is 0 Å². The van der Waals surface area contributed by atoms with Crippen LogP contribution in [0, 0.1) is 12.7 Å². The van der Waals surface area contributed by atoms with E-state index in [9.17, 15) is 17.6 Å². The van der Waals surface area contributed by atoms with Gasteiger partial charge in [-0.05, 0) is 37.1 Å². The van der Waals surface area contributed by atoms with E-state index in [4.69, 9.17) is 0 Å². The molecule has 136 valence electrons. The molecule has 3 rings (SSSR count). The molecule has 0 radical (unpaired) electrons. The standard InChI is InChI=1S/C18H18FN3O3S/c1-3-7-26(24,25)22-15-6-4-5-12(16(15)19)17(23)14-10-21-18-13(14)8-11(2)9-20-18/h4-6,8-10,22H,3,7H2,1-2H3,(H,20,21). The Morgan fingerprint density at radius 1 is 1.31 bits per heavy atom. The second-order valence-corrected chi connectivity index (χ2v) is 7.87. The molecule has 1 aromatic carbocycles. The Morgan fingerprint density at radius 3 is 2.81 bits per heavy atom. The Kier molecular flexibility index (Phi) is 4.78. The third-order valence-electron chi connectivity index (χ3n) is 3.89. The number of halogens is 1. The number of benzene rings is 1. The zero-order valence-electron chi connectivity index (χ0n) is 14.3. The molecule has 2 heterocycles. The molecule has 0 aliphatic heterocycles. The molecule has 0 amide bonds. The minimum absolute atomic E-state index is 0.127. The molecule has 8 heteroatoms. The van der Waals surface area contributed by atoms with Gasteiger partial charge in [0, 0.05) is 23.3 Å². The molecular weight excluding hydrogens is 357 g/mol. The first-order valence-electron chi connectivity index (χ1n) is 8.10. The van der Waals surface area contributed by atoms with Gasteiger partial charge in [0.1, 0.15) is 5.65 Å². The molecule has 0 saturated heterocycles. The molecule has 3 aromatic rings. The first-order chi connectivity index (χ1) is 12.3. The Bertz CT molecular complexity index is 1090. The Balaban J connectivity index is 2.02. The number of aryl methyl sites for hydroxylation is 1. The van der Waals surface area contributed by atoms with E-state index in [1.807, 2.05) is 6.92 Å². The smallest absolute Gasteiger partial charge is 0.232 e. The normalized spacial score (nSPS) is 11.7. The Labute approximate surface area is 150 Å². The van der Waals surface area contributed by atoms with Crippen molar-refractivity contribution in [3.8, 4) is 0 Å². The average molecular weight is 375 g/mol. The van der Waals surface area contributed by atoms with Gasteiger partial charge in [-0.25, -0.2) is 17.8 Å². The Morgan fingerprint density at radius 2 is 2.08 bits per heavy atom. The predicted octanol–water partition coefficient (Wildman–Crippen LogP) is 3.39. The SMILES string of the molecule is CCCS(=O)(=O)Nc1cccc(C(=O)c2c[nH]c3ncc(C)cc23)c1F. The van der Waals surface area contributed by atoms with E-state index in [0.717, 1.165) is 5.56 Å². The highest BCUT2D eigenvalue weighted by Gasteiger charge is 2.21. The number of carbonyl (C=O) groups excluding carboxylic acids is 1.